The first-order chi connectivity index (χ1) is 11.4. The maximum Gasteiger partial charge on any atom is 0.274 e. The van der Waals surface area contributed by atoms with E-state index in [9.17, 15) is 4.79 Å². The molecule has 3 aromatic rings. The molecule has 0 unspecified atom stereocenters. The van der Waals surface area contributed by atoms with Crippen LogP contribution in [0.2, 0.25) is 0 Å². The van der Waals surface area contributed by atoms with Crippen LogP contribution in [0.15, 0.2) is 49.2 Å². The minimum atomic E-state index is -0.235. The first kappa shape index (κ1) is 15.9. The molecule has 0 aliphatic heterocycles. The molecule has 124 valence electrons. The van der Waals surface area contributed by atoms with Crippen LogP contribution in [-0.2, 0) is 12.1 Å². The molecule has 0 bridgehead atoms. The van der Waals surface area contributed by atoms with Crippen molar-refractivity contribution >= 4 is 11.9 Å². The fraction of sp³-hybridized carbons (Fsp3) is 0.294. The van der Waals surface area contributed by atoms with E-state index in [2.05, 4.69) is 20.4 Å². The van der Waals surface area contributed by atoms with Gasteiger partial charge in [0.2, 0.25) is 5.95 Å². The van der Waals surface area contributed by atoms with Gasteiger partial charge in [-0.1, -0.05) is 0 Å². The lowest BCUT2D eigenvalue weighted by Crippen LogP contribution is -2.23. The fourth-order valence-corrected chi connectivity index (χ4v) is 2.25. The number of hydrogen-bond donors (Lipinski definition) is 1. The van der Waals surface area contributed by atoms with Crippen molar-refractivity contribution in [3.8, 4) is 0 Å². The van der Waals surface area contributed by atoms with E-state index in [0.717, 1.165) is 5.56 Å². The van der Waals surface area contributed by atoms with Gasteiger partial charge >= 0.3 is 0 Å². The Morgan fingerprint density at radius 1 is 1.21 bits per heavy atom. The molecule has 7 heteroatoms. The lowest BCUT2D eigenvalue weighted by atomic mass is 10.1. The zero-order valence-corrected chi connectivity index (χ0v) is 14.0. The average Bonchev–Trinajstić information content (AvgIpc) is 3.17. The van der Waals surface area contributed by atoms with Crippen LogP contribution < -0.4 is 5.32 Å². The number of hydrogen-bond acceptors (Lipinski definition) is 4. The smallest absolute Gasteiger partial charge is 0.274 e. The second-order valence-corrected chi connectivity index (χ2v) is 6.51. The van der Waals surface area contributed by atoms with Crippen LogP contribution in [0.1, 0.15) is 36.8 Å². The van der Waals surface area contributed by atoms with Gasteiger partial charge in [0.05, 0.1) is 5.54 Å². The van der Waals surface area contributed by atoms with Crippen LogP contribution in [0.25, 0.3) is 0 Å². The summed E-state index contributed by atoms with van der Waals surface area (Å²) >= 11 is 0. The molecule has 0 spiro atoms. The van der Waals surface area contributed by atoms with E-state index < -0.39 is 0 Å². The van der Waals surface area contributed by atoms with Crippen molar-refractivity contribution in [2.75, 3.05) is 5.32 Å². The van der Waals surface area contributed by atoms with Gasteiger partial charge in [-0.15, -0.1) is 5.10 Å². The van der Waals surface area contributed by atoms with Gasteiger partial charge in [-0.3, -0.25) is 15.1 Å². The number of aromatic nitrogens is 5. The van der Waals surface area contributed by atoms with Crippen LogP contribution in [-0.4, -0.2) is 30.2 Å². The number of carbonyl (C=O) groups is 1. The number of pyridine rings is 1. The molecule has 0 atom stereocenters. The van der Waals surface area contributed by atoms with Crippen molar-refractivity contribution in [3.05, 3.63) is 60.4 Å². The largest absolute Gasteiger partial charge is 0.339 e. The molecule has 0 aromatic carbocycles. The molecule has 1 N–H and O–H groups in total. The van der Waals surface area contributed by atoms with Crippen molar-refractivity contribution in [1.82, 2.24) is 24.3 Å². The predicted octanol–water partition coefficient (Wildman–Crippen LogP) is 2.53. The Bertz CT molecular complexity index is 828. The number of anilines is 1. The van der Waals surface area contributed by atoms with Crippen molar-refractivity contribution in [1.29, 1.82) is 0 Å². The zero-order chi connectivity index (χ0) is 17.2. The number of rotatable bonds is 4. The van der Waals surface area contributed by atoms with Crippen LogP contribution in [0.5, 0.6) is 0 Å². The van der Waals surface area contributed by atoms with Gasteiger partial charge in [-0.05, 0) is 50.6 Å². The Morgan fingerprint density at radius 2 is 1.96 bits per heavy atom. The maximum atomic E-state index is 12.5. The molecule has 1 amide bonds. The van der Waals surface area contributed by atoms with Crippen LogP contribution in [0.4, 0.5) is 5.95 Å². The summed E-state index contributed by atoms with van der Waals surface area (Å²) in [5, 5.41) is 7.05. The Hall–Kier alpha value is -2.96. The second kappa shape index (κ2) is 6.27. The van der Waals surface area contributed by atoms with Crippen molar-refractivity contribution in [2.24, 2.45) is 0 Å². The quantitative estimate of drug-likeness (QED) is 0.800. The average molecular weight is 324 g/mol. The molecule has 0 aliphatic carbocycles. The Labute approximate surface area is 140 Å². The van der Waals surface area contributed by atoms with E-state index in [1.807, 2.05) is 49.7 Å². The SMILES string of the molecule is CC(C)(C)n1cnc(NC(=O)c2cccn2Cc2ccncc2)n1. The molecular formula is C17H20N6O. The van der Waals surface area contributed by atoms with E-state index in [4.69, 9.17) is 0 Å². The third kappa shape index (κ3) is 3.51. The van der Waals surface area contributed by atoms with Crippen molar-refractivity contribution < 1.29 is 4.79 Å². The Morgan fingerprint density at radius 3 is 2.62 bits per heavy atom. The van der Waals surface area contributed by atoms with Crippen LogP contribution in [0, 0.1) is 0 Å². The minimum Gasteiger partial charge on any atom is -0.339 e. The highest BCUT2D eigenvalue weighted by atomic mass is 16.2. The normalized spacial score (nSPS) is 11.5. The van der Waals surface area contributed by atoms with E-state index in [-0.39, 0.29) is 11.4 Å². The predicted molar refractivity (Wildman–Crippen MR) is 90.7 cm³/mol. The van der Waals surface area contributed by atoms with E-state index in [1.54, 1.807) is 29.5 Å². The molecule has 0 aliphatic rings. The summed E-state index contributed by atoms with van der Waals surface area (Å²) in [6.45, 7) is 6.66. The second-order valence-electron chi connectivity index (χ2n) is 6.51. The van der Waals surface area contributed by atoms with Gasteiger partial charge in [0.15, 0.2) is 0 Å². The van der Waals surface area contributed by atoms with Gasteiger partial charge in [-0.2, -0.15) is 0 Å². The number of nitrogens with one attached hydrogen (secondary N) is 1. The molecule has 3 rings (SSSR count). The summed E-state index contributed by atoms with van der Waals surface area (Å²) in [6, 6.07) is 7.47. The van der Waals surface area contributed by atoms with Gasteiger partial charge in [0.25, 0.3) is 5.91 Å². The number of carbonyl (C=O) groups excluding carboxylic acids is 1. The first-order valence-electron chi connectivity index (χ1n) is 7.71. The lowest BCUT2D eigenvalue weighted by molar-refractivity contribution is 0.101. The van der Waals surface area contributed by atoms with Gasteiger partial charge < -0.3 is 4.57 Å². The van der Waals surface area contributed by atoms with Gasteiger partial charge in [0, 0.05) is 25.1 Å². The molecule has 0 saturated heterocycles. The third-order valence-corrected chi connectivity index (χ3v) is 3.57. The van der Waals surface area contributed by atoms with Crippen LogP contribution in [0.3, 0.4) is 0 Å². The maximum absolute atomic E-state index is 12.5. The zero-order valence-electron chi connectivity index (χ0n) is 14.0. The third-order valence-electron chi connectivity index (χ3n) is 3.57. The minimum absolute atomic E-state index is 0.183. The fourth-order valence-electron chi connectivity index (χ4n) is 2.25. The molecule has 3 aromatic heterocycles. The number of amides is 1. The summed E-state index contributed by atoms with van der Waals surface area (Å²) < 4.78 is 3.60. The van der Waals surface area contributed by atoms with E-state index in [0.29, 0.717) is 18.2 Å². The van der Waals surface area contributed by atoms with Gasteiger partial charge in [-0.25, -0.2) is 9.67 Å². The van der Waals surface area contributed by atoms with E-state index in [1.165, 1.54) is 0 Å². The Kier molecular flexibility index (Phi) is 4.16. The summed E-state index contributed by atoms with van der Waals surface area (Å²) in [4.78, 5) is 20.7. The molecule has 3 heterocycles. The standard InChI is InChI=1S/C17H20N6O/c1-17(2,3)23-12-19-16(21-23)20-15(24)14-5-4-10-22(14)11-13-6-8-18-9-7-13/h4-10,12H,11H2,1-3H3,(H,20,21,24). The molecule has 0 radical (unpaired) electrons. The van der Waals surface area contributed by atoms with Crippen molar-refractivity contribution in [2.45, 2.75) is 32.9 Å². The molecule has 24 heavy (non-hydrogen) atoms. The van der Waals surface area contributed by atoms with E-state index >= 15 is 0 Å². The first-order valence-corrected chi connectivity index (χ1v) is 7.71. The summed E-state index contributed by atoms with van der Waals surface area (Å²) in [7, 11) is 0. The molecular weight excluding hydrogens is 304 g/mol. The summed E-state index contributed by atoms with van der Waals surface area (Å²) in [6.07, 6.45) is 6.96. The van der Waals surface area contributed by atoms with Crippen molar-refractivity contribution in [3.63, 3.8) is 0 Å². The highest BCUT2D eigenvalue weighted by molar-refractivity contribution is 6.02. The summed E-state index contributed by atoms with van der Waals surface area (Å²) in [5.74, 6) is 0.0623. The summed E-state index contributed by atoms with van der Waals surface area (Å²) in [5.41, 5.74) is 1.45. The monoisotopic (exact) mass is 324 g/mol. The van der Waals surface area contributed by atoms with Crippen LogP contribution >= 0.6 is 0 Å². The highest BCUT2D eigenvalue weighted by Gasteiger charge is 2.17. The molecule has 7 nitrogen and oxygen atoms in total. The Balaban J connectivity index is 1.74. The number of nitrogens with zero attached hydrogens (tertiary/aromatic N) is 5. The van der Waals surface area contributed by atoms with Gasteiger partial charge in [0.1, 0.15) is 12.0 Å². The topological polar surface area (TPSA) is 77.6 Å². The molecule has 0 fully saturated rings. The highest BCUT2D eigenvalue weighted by Crippen LogP contribution is 2.14. The lowest BCUT2D eigenvalue weighted by Gasteiger charge is -2.17. The molecule has 0 saturated carbocycles.